The van der Waals surface area contributed by atoms with Gasteiger partial charge in [0.15, 0.2) is 37.7 Å². The summed E-state index contributed by atoms with van der Waals surface area (Å²) in [5.41, 5.74) is 1.54. The first kappa shape index (κ1) is 31.8. The molecule has 1 heterocycles. The summed E-state index contributed by atoms with van der Waals surface area (Å²) in [5, 5.41) is 0. The maximum atomic E-state index is 13.4. The average Bonchev–Trinajstić information content (AvgIpc) is 3.51. The molecule has 0 spiro atoms. The summed E-state index contributed by atoms with van der Waals surface area (Å²) in [4.78, 5) is 0.728. The summed E-state index contributed by atoms with van der Waals surface area (Å²) in [5.74, 6) is 2.12. The minimum atomic E-state index is -3.70. The van der Waals surface area contributed by atoms with Crippen LogP contribution in [-0.2, 0) is 25.7 Å². The fourth-order valence-corrected chi connectivity index (χ4v) is 7.46. The van der Waals surface area contributed by atoms with Crippen molar-refractivity contribution in [2.75, 3.05) is 46.6 Å². The molecule has 0 amide bonds. The Hall–Kier alpha value is -3.12. The van der Waals surface area contributed by atoms with Gasteiger partial charge in [0.1, 0.15) is 17.3 Å². The normalized spacial score (nSPS) is 17.5. The topological polar surface area (TPSA) is 113 Å². The molecule has 0 bridgehead atoms. The number of hydrogen-bond acceptors (Lipinski definition) is 9. The van der Waals surface area contributed by atoms with E-state index in [9.17, 15) is 13.0 Å². The third-order valence-corrected chi connectivity index (χ3v) is 10.3. The van der Waals surface area contributed by atoms with Gasteiger partial charge in [0, 0.05) is 0 Å². The SMILES string of the molecule is CCCS(=O)(=O)c1cc([C@H]2CC[C@H](c3cc(OC)c(OC)c(OC)c3)O2)cc(OC)c1OCC[S+]([O-])c1ccccc1. The molecule has 0 N–H and O–H groups in total. The minimum absolute atomic E-state index is 0.0454. The molecule has 0 saturated carbocycles. The molecule has 9 nitrogen and oxygen atoms in total. The largest absolute Gasteiger partial charge is 0.611 e. The van der Waals surface area contributed by atoms with Crippen molar-refractivity contribution in [2.24, 2.45) is 0 Å². The van der Waals surface area contributed by atoms with E-state index in [1.54, 1.807) is 45.6 Å². The molecule has 11 heteroatoms. The molecule has 1 fully saturated rings. The summed E-state index contributed by atoms with van der Waals surface area (Å²) in [7, 11) is 2.44. The smallest absolute Gasteiger partial charge is 0.203 e. The summed E-state index contributed by atoms with van der Waals surface area (Å²) in [6.07, 6.45) is 1.16. The van der Waals surface area contributed by atoms with Crippen LogP contribution in [0.25, 0.3) is 0 Å². The second kappa shape index (κ2) is 14.4. The van der Waals surface area contributed by atoms with Crippen LogP contribution in [0.5, 0.6) is 28.7 Å². The van der Waals surface area contributed by atoms with Crippen LogP contribution >= 0.6 is 0 Å². The van der Waals surface area contributed by atoms with Crippen LogP contribution in [0, 0.1) is 0 Å². The first-order valence-corrected chi connectivity index (χ1v) is 16.7. The van der Waals surface area contributed by atoms with Crippen molar-refractivity contribution in [3.05, 3.63) is 65.7 Å². The Morgan fingerprint density at radius 1 is 0.833 bits per heavy atom. The van der Waals surface area contributed by atoms with Crippen LogP contribution in [0.4, 0.5) is 0 Å². The van der Waals surface area contributed by atoms with E-state index < -0.39 is 21.0 Å². The molecule has 1 unspecified atom stereocenters. The highest BCUT2D eigenvalue weighted by Gasteiger charge is 2.33. The molecule has 3 aromatic carbocycles. The summed E-state index contributed by atoms with van der Waals surface area (Å²) >= 11 is -1.29. The lowest BCUT2D eigenvalue weighted by Gasteiger charge is -2.21. The zero-order valence-corrected chi connectivity index (χ0v) is 26.2. The van der Waals surface area contributed by atoms with Crippen LogP contribution in [0.1, 0.15) is 49.5 Å². The summed E-state index contributed by atoms with van der Waals surface area (Å²) in [6.45, 7) is 1.86. The van der Waals surface area contributed by atoms with Crippen LogP contribution in [0.15, 0.2) is 64.4 Å². The van der Waals surface area contributed by atoms with Crippen LogP contribution < -0.4 is 23.7 Å². The third-order valence-electron chi connectivity index (χ3n) is 7.04. The van der Waals surface area contributed by atoms with E-state index in [4.69, 9.17) is 28.4 Å². The Labute approximate surface area is 251 Å². The van der Waals surface area contributed by atoms with E-state index in [2.05, 4.69) is 0 Å². The Balaban J connectivity index is 1.61. The standard InChI is InChI=1S/C31H38O9S2/c1-6-16-42(33,34)29-20-22(19-28(37-4)31(29)39-14-15-41(32)23-10-8-7-9-11-23)25-13-12-24(40-25)21-17-26(35-2)30(38-5)27(18-21)36-3/h7-11,17-20,24-25H,6,12-16H2,1-5H3/t24-,25-,41?/m1/s1. The van der Waals surface area contributed by atoms with Gasteiger partial charge in [0.25, 0.3) is 0 Å². The molecule has 0 aromatic heterocycles. The summed E-state index contributed by atoms with van der Waals surface area (Å²) < 4.78 is 74.1. The highest BCUT2D eigenvalue weighted by Crippen LogP contribution is 2.48. The van der Waals surface area contributed by atoms with Gasteiger partial charge in [-0.15, -0.1) is 0 Å². The molecule has 1 aliphatic heterocycles. The molecule has 0 aliphatic carbocycles. The number of sulfone groups is 1. The molecule has 3 atom stereocenters. The van der Waals surface area contributed by atoms with E-state index in [1.807, 2.05) is 37.3 Å². The monoisotopic (exact) mass is 618 g/mol. The Morgan fingerprint density at radius 3 is 1.90 bits per heavy atom. The maximum Gasteiger partial charge on any atom is 0.203 e. The zero-order valence-electron chi connectivity index (χ0n) is 24.6. The quantitative estimate of drug-likeness (QED) is 0.211. The summed E-state index contributed by atoms with van der Waals surface area (Å²) in [6, 6.07) is 16.2. The van der Waals surface area contributed by atoms with Crippen molar-refractivity contribution in [1.29, 1.82) is 0 Å². The Bertz CT molecular complexity index is 1420. The number of hydrogen-bond donors (Lipinski definition) is 0. The highest BCUT2D eigenvalue weighted by atomic mass is 32.2. The number of rotatable bonds is 14. The van der Waals surface area contributed by atoms with Crippen molar-refractivity contribution < 1.29 is 41.4 Å². The lowest BCUT2D eigenvalue weighted by atomic mass is 10.0. The predicted molar refractivity (Wildman–Crippen MR) is 160 cm³/mol. The molecule has 4 rings (SSSR count). The van der Waals surface area contributed by atoms with E-state index >= 15 is 0 Å². The van der Waals surface area contributed by atoms with Crippen LogP contribution in [0.3, 0.4) is 0 Å². The first-order chi connectivity index (χ1) is 20.3. The van der Waals surface area contributed by atoms with Gasteiger partial charge in [-0.05, 0) is 78.0 Å². The number of methoxy groups -OCH3 is 4. The second-order valence-electron chi connectivity index (χ2n) is 9.73. The number of benzene rings is 3. The van der Waals surface area contributed by atoms with Crippen molar-refractivity contribution in [2.45, 2.75) is 48.2 Å². The van der Waals surface area contributed by atoms with E-state index in [0.717, 1.165) is 5.56 Å². The van der Waals surface area contributed by atoms with Crippen LogP contribution in [-0.4, -0.2) is 59.5 Å². The Morgan fingerprint density at radius 2 is 1.38 bits per heavy atom. The van der Waals surface area contributed by atoms with Gasteiger partial charge in [-0.25, -0.2) is 8.42 Å². The third kappa shape index (κ3) is 7.08. The average molecular weight is 619 g/mol. The van der Waals surface area contributed by atoms with Crippen molar-refractivity contribution in [1.82, 2.24) is 0 Å². The van der Waals surface area contributed by atoms with Gasteiger partial charge in [-0.3, -0.25) is 0 Å². The molecule has 3 aromatic rings. The van der Waals surface area contributed by atoms with Gasteiger partial charge in [-0.1, -0.05) is 25.1 Å². The molecule has 0 radical (unpaired) electrons. The van der Waals surface area contributed by atoms with Gasteiger partial charge >= 0.3 is 0 Å². The maximum absolute atomic E-state index is 13.4. The van der Waals surface area contributed by atoms with E-state index in [1.165, 1.54) is 7.11 Å². The van der Waals surface area contributed by atoms with Gasteiger partial charge in [0.05, 0.1) is 46.4 Å². The van der Waals surface area contributed by atoms with E-state index in [-0.39, 0.29) is 46.7 Å². The fraction of sp³-hybridized carbons (Fsp3) is 0.419. The van der Waals surface area contributed by atoms with Gasteiger partial charge in [0.2, 0.25) is 5.75 Å². The van der Waals surface area contributed by atoms with Crippen molar-refractivity contribution in [3.63, 3.8) is 0 Å². The van der Waals surface area contributed by atoms with Gasteiger partial charge < -0.3 is 33.0 Å². The van der Waals surface area contributed by atoms with E-state index in [0.29, 0.717) is 47.0 Å². The fourth-order valence-electron chi connectivity index (χ4n) is 5.01. The lowest BCUT2D eigenvalue weighted by Crippen LogP contribution is -2.17. The molecule has 228 valence electrons. The molecule has 1 saturated heterocycles. The lowest BCUT2D eigenvalue weighted by molar-refractivity contribution is 0.0435. The van der Waals surface area contributed by atoms with Crippen molar-refractivity contribution >= 4 is 21.0 Å². The molecular formula is C31H38O9S2. The molecule has 1 aliphatic rings. The molecule has 42 heavy (non-hydrogen) atoms. The Kier molecular flexibility index (Phi) is 10.9. The second-order valence-corrected chi connectivity index (χ2v) is 13.4. The zero-order chi connectivity index (χ0) is 30.3. The molecular weight excluding hydrogens is 580 g/mol. The van der Waals surface area contributed by atoms with Crippen molar-refractivity contribution in [3.8, 4) is 28.7 Å². The highest BCUT2D eigenvalue weighted by molar-refractivity contribution is 7.91. The first-order valence-electron chi connectivity index (χ1n) is 13.7. The van der Waals surface area contributed by atoms with Crippen LogP contribution in [0.2, 0.25) is 0 Å². The predicted octanol–water partition coefficient (Wildman–Crippen LogP) is 5.68. The van der Waals surface area contributed by atoms with Gasteiger partial charge in [-0.2, -0.15) is 0 Å². The minimum Gasteiger partial charge on any atom is -0.611 e. The number of ether oxygens (including phenoxy) is 6.